The molecule has 1 heterocycles. The van der Waals surface area contributed by atoms with Crippen LogP contribution in [0.1, 0.15) is 25.7 Å². The molecular formula is C15H22F3N3O. The first-order chi connectivity index (χ1) is 10.3. The van der Waals surface area contributed by atoms with Gasteiger partial charge in [-0.1, -0.05) is 0 Å². The number of nitriles is 1. The van der Waals surface area contributed by atoms with Crippen LogP contribution in [0.25, 0.3) is 0 Å². The van der Waals surface area contributed by atoms with Crippen LogP contribution >= 0.6 is 0 Å². The number of hydrogen-bond donors (Lipinski definition) is 1. The molecule has 22 heavy (non-hydrogen) atoms. The molecule has 1 N–H and O–H groups in total. The molecule has 1 aliphatic carbocycles. The van der Waals surface area contributed by atoms with E-state index in [0.717, 1.165) is 25.7 Å². The standard InChI is InChI=1S/C15H22F3N3O/c1-21-8-12(13(9-21)15(16,17)18)14(22)20-7-11-4-2-10(6-19)3-5-11/h10-13H,2-5,7-9H2,1H3,(H,20,22)/t10?,11?,12-,13-/m1/s1. The summed E-state index contributed by atoms with van der Waals surface area (Å²) in [6, 6.07) is 2.24. The van der Waals surface area contributed by atoms with Crippen molar-refractivity contribution in [3.8, 4) is 6.07 Å². The van der Waals surface area contributed by atoms with Crippen LogP contribution in [0.4, 0.5) is 13.2 Å². The highest BCUT2D eigenvalue weighted by molar-refractivity contribution is 5.79. The van der Waals surface area contributed by atoms with Crippen molar-refractivity contribution in [1.29, 1.82) is 5.26 Å². The second kappa shape index (κ2) is 6.86. The van der Waals surface area contributed by atoms with Crippen molar-refractivity contribution in [1.82, 2.24) is 10.2 Å². The van der Waals surface area contributed by atoms with Gasteiger partial charge in [0.2, 0.25) is 5.91 Å². The molecule has 7 heteroatoms. The second-order valence-corrected chi connectivity index (χ2v) is 6.57. The molecule has 1 saturated heterocycles. The highest BCUT2D eigenvalue weighted by atomic mass is 19.4. The predicted octanol–water partition coefficient (Wildman–Crippen LogP) is 2.17. The molecule has 2 rings (SSSR count). The fraction of sp³-hybridized carbons (Fsp3) is 0.867. The Balaban J connectivity index is 1.83. The van der Waals surface area contributed by atoms with Crippen LogP contribution in [0.5, 0.6) is 0 Å². The van der Waals surface area contributed by atoms with Gasteiger partial charge in [-0.05, 0) is 38.6 Å². The molecule has 0 aromatic heterocycles. The third kappa shape index (κ3) is 4.13. The van der Waals surface area contributed by atoms with Crippen LogP contribution in [-0.4, -0.2) is 43.7 Å². The van der Waals surface area contributed by atoms with Crippen LogP contribution in [0.15, 0.2) is 0 Å². The smallest absolute Gasteiger partial charge is 0.356 e. The Morgan fingerprint density at radius 2 is 1.91 bits per heavy atom. The fourth-order valence-electron chi connectivity index (χ4n) is 3.47. The summed E-state index contributed by atoms with van der Waals surface area (Å²) < 4.78 is 39.0. The number of nitrogens with zero attached hydrogens (tertiary/aromatic N) is 2. The number of nitrogens with one attached hydrogen (secondary N) is 1. The van der Waals surface area contributed by atoms with E-state index in [2.05, 4.69) is 11.4 Å². The van der Waals surface area contributed by atoms with E-state index < -0.39 is 23.9 Å². The first kappa shape index (κ1) is 17.1. The summed E-state index contributed by atoms with van der Waals surface area (Å²) >= 11 is 0. The molecule has 124 valence electrons. The Hall–Kier alpha value is -1.29. The first-order valence-electron chi connectivity index (χ1n) is 7.73. The Labute approximate surface area is 128 Å². The molecular weight excluding hydrogens is 295 g/mol. The average molecular weight is 317 g/mol. The van der Waals surface area contributed by atoms with Crippen LogP contribution < -0.4 is 5.32 Å². The van der Waals surface area contributed by atoms with Gasteiger partial charge in [0, 0.05) is 25.6 Å². The maximum atomic E-state index is 13.0. The third-order valence-electron chi connectivity index (χ3n) is 4.85. The third-order valence-corrected chi connectivity index (χ3v) is 4.85. The fourth-order valence-corrected chi connectivity index (χ4v) is 3.47. The van der Waals surface area contributed by atoms with E-state index >= 15 is 0 Å². The minimum atomic E-state index is -4.34. The summed E-state index contributed by atoms with van der Waals surface area (Å²) in [6.07, 6.45) is -1.00. The summed E-state index contributed by atoms with van der Waals surface area (Å²) in [5.74, 6) is -2.72. The number of alkyl halides is 3. The van der Waals surface area contributed by atoms with E-state index in [1.807, 2.05) is 0 Å². The van der Waals surface area contributed by atoms with Crippen molar-refractivity contribution in [2.24, 2.45) is 23.7 Å². The molecule has 1 amide bonds. The molecule has 0 aromatic rings. The summed E-state index contributed by atoms with van der Waals surface area (Å²) in [4.78, 5) is 13.7. The van der Waals surface area contributed by atoms with E-state index in [9.17, 15) is 18.0 Å². The Kier molecular flexibility index (Phi) is 5.32. The van der Waals surface area contributed by atoms with Gasteiger partial charge in [0.15, 0.2) is 0 Å². The lowest BCUT2D eigenvalue weighted by molar-refractivity contribution is -0.183. The molecule has 1 saturated carbocycles. The summed E-state index contributed by atoms with van der Waals surface area (Å²) in [7, 11) is 1.61. The number of amides is 1. The van der Waals surface area contributed by atoms with Gasteiger partial charge in [-0.2, -0.15) is 18.4 Å². The van der Waals surface area contributed by atoms with Gasteiger partial charge in [-0.3, -0.25) is 4.79 Å². The van der Waals surface area contributed by atoms with Gasteiger partial charge in [0.1, 0.15) is 0 Å². The molecule has 0 unspecified atom stereocenters. The zero-order valence-corrected chi connectivity index (χ0v) is 12.7. The van der Waals surface area contributed by atoms with Crippen molar-refractivity contribution < 1.29 is 18.0 Å². The van der Waals surface area contributed by atoms with Gasteiger partial charge in [-0.15, -0.1) is 0 Å². The lowest BCUT2D eigenvalue weighted by atomic mass is 9.82. The summed E-state index contributed by atoms with van der Waals surface area (Å²) in [5, 5.41) is 11.5. The van der Waals surface area contributed by atoms with E-state index in [-0.39, 0.29) is 24.9 Å². The van der Waals surface area contributed by atoms with Crippen LogP contribution in [-0.2, 0) is 4.79 Å². The quantitative estimate of drug-likeness (QED) is 0.868. The molecule has 4 nitrogen and oxygen atoms in total. The average Bonchev–Trinajstić information content (AvgIpc) is 2.87. The van der Waals surface area contributed by atoms with Crippen LogP contribution in [0.2, 0.25) is 0 Å². The topological polar surface area (TPSA) is 56.1 Å². The highest BCUT2D eigenvalue weighted by Gasteiger charge is 2.51. The number of rotatable bonds is 3. The minimum absolute atomic E-state index is 0.0880. The molecule has 1 aliphatic heterocycles. The monoisotopic (exact) mass is 317 g/mol. The second-order valence-electron chi connectivity index (χ2n) is 6.57. The van der Waals surface area contributed by atoms with Gasteiger partial charge in [-0.25, -0.2) is 0 Å². The van der Waals surface area contributed by atoms with Crippen molar-refractivity contribution in [3.05, 3.63) is 0 Å². The number of likely N-dealkylation sites (tertiary alicyclic amines) is 1. The Bertz CT molecular complexity index is 438. The van der Waals surface area contributed by atoms with Gasteiger partial charge in [0.25, 0.3) is 0 Å². The van der Waals surface area contributed by atoms with Gasteiger partial charge in [0.05, 0.1) is 17.9 Å². The molecule has 2 aliphatic rings. The van der Waals surface area contributed by atoms with Crippen LogP contribution in [0, 0.1) is 35.0 Å². The zero-order valence-electron chi connectivity index (χ0n) is 12.7. The first-order valence-corrected chi connectivity index (χ1v) is 7.73. The van der Waals surface area contributed by atoms with Gasteiger partial charge < -0.3 is 10.2 Å². The van der Waals surface area contributed by atoms with E-state index in [4.69, 9.17) is 5.26 Å². The number of carbonyl (C=O) groups excluding carboxylic acids is 1. The van der Waals surface area contributed by atoms with Crippen molar-refractivity contribution in [2.45, 2.75) is 31.9 Å². The minimum Gasteiger partial charge on any atom is -0.356 e. The Morgan fingerprint density at radius 1 is 1.27 bits per heavy atom. The molecule has 2 fully saturated rings. The van der Waals surface area contributed by atoms with E-state index in [0.29, 0.717) is 6.54 Å². The van der Waals surface area contributed by atoms with Crippen LogP contribution in [0.3, 0.4) is 0 Å². The highest BCUT2D eigenvalue weighted by Crippen LogP contribution is 2.37. The molecule has 0 aromatic carbocycles. The predicted molar refractivity (Wildman–Crippen MR) is 74.6 cm³/mol. The van der Waals surface area contributed by atoms with E-state index in [1.54, 1.807) is 11.9 Å². The molecule has 0 spiro atoms. The Morgan fingerprint density at radius 3 is 2.45 bits per heavy atom. The van der Waals surface area contributed by atoms with Crippen molar-refractivity contribution in [2.75, 3.05) is 26.7 Å². The largest absolute Gasteiger partial charge is 0.393 e. The maximum absolute atomic E-state index is 13.0. The lowest BCUT2D eigenvalue weighted by Gasteiger charge is -2.26. The number of hydrogen-bond acceptors (Lipinski definition) is 3. The summed E-state index contributed by atoms with van der Waals surface area (Å²) in [6.45, 7) is 0.452. The van der Waals surface area contributed by atoms with Crippen molar-refractivity contribution >= 4 is 5.91 Å². The molecule has 0 bridgehead atoms. The molecule has 2 atom stereocenters. The van der Waals surface area contributed by atoms with E-state index in [1.165, 1.54) is 0 Å². The maximum Gasteiger partial charge on any atom is 0.393 e. The van der Waals surface area contributed by atoms with Gasteiger partial charge >= 0.3 is 6.18 Å². The zero-order chi connectivity index (χ0) is 16.3. The number of halogens is 3. The normalized spacial score (nSPS) is 33.4. The SMILES string of the molecule is CN1C[C@@H](C(F)(F)F)[C@H](C(=O)NCC2CCC(C#N)CC2)C1. The molecule has 0 radical (unpaired) electrons. The summed E-state index contributed by atoms with van der Waals surface area (Å²) in [5.41, 5.74) is 0. The number of carbonyl (C=O) groups is 1. The lowest BCUT2D eigenvalue weighted by Crippen LogP contribution is -2.42. The van der Waals surface area contributed by atoms with Crippen molar-refractivity contribution in [3.63, 3.8) is 0 Å².